The first-order valence-corrected chi connectivity index (χ1v) is 5.02. The Bertz CT molecular complexity index is 201. The van der Waals surface area contributed by atoms with Crippen LogP contribution in [0.4, 0.5) is 0 Å². The van der Waals surface area contributed by atoms with Crippen LogP contribution in [0.15, 0.2) is 12.7 Å². The Morgan fingerprint density at radius 1 is 1.31 bits per heavy atom. The molecule has 0 aliphatic rings. The minimum atomic E-state index is -0.378. The van der Waals surface area contributed by atoms with E-state index in [9.17, 15) is 4.79 Å². The van der Waals surface area contributed by atoms with E-state index in [2.05, 4.69) is 27.4 Å². The summed E-state index contributed by atoms with van der Waals surface area (Å²) in [5, 5.41) is 0. The molecule has 0 bridgehead atoms. The molecular weight excluding hydrogens is 160 g/mol. The van der Waals surface area contributed by atoms with E-state index in [4.69, 9.17) is 0 Å². The highest BCUT2D eigenvalue weighted by Gasteiger charge is 2.43. The van der Waals surface area contributed by atoms with Crippen LogP contribution in [-0.2, 0) is 4.79 Å². The van der Waals surface area contributed by atoms with Crippen molar-refractivity contribution in [3.8, 4) is 0 Å². The van der Waals surface area contributed by atoms with Crippen LogP contribution in [0, 0.1) is 10.8 Å². The molecule has 0 aromatic rings. The fourth-order valence-corrected chi connectivity index (χ4v) is 1.80. The molecule has 0 radical (unpaired) electrons. The molecule has 13 heavy (non-hydrogen) atoms. The maximum absolute atomic E-state index is 11.6. The number of Topliss-reactive ketones (excluding diaryl/α,β-unsaturated/α-hetero) is 1. The number of rotatable bonds is 5. The van der Waals surface area contributed by atoms with Crippen LogP contribution < -0.4 is 0 Å². The van der Waals surface area contributed by atoms with Crippen molar-refractivity contribution < 1.29 is 4.79 Å². The molecule has 0 aliphatic heterocycles. The number of carbonyl (C=O) groups excluding carboxylic acids is 1. The van der Waals surface area contributed by atoms with Crippen molar-refractivity contribution >= 4 is 5.78 Å². The predicted octanol–water partition coefficient (Wildman–Crippen LogP) is 3.59. The number of carbonyl (C=O) groups is 1. The Morgan fingerprint density at radius 2 is 1.69 bits per heavy atom. The van der Waals surface area contributed by atoms with Crippen LogP contribution in [0.5, 0.6) is 0 Å². The summed E-state index contributed by atoms with van der Waals surface area (Å²) in [6.07, 6.45) is 3.82. The van der Waals surface area contributed by atoms with Gasteiger partial charge in [0.2, 0.25) is 0 Å². The Morgan fingerprint density at radius 3 is 1.77 bits per heavy atom. The van der Waals surface area contributed by atoms with Gasteiger partial charge in [0, 0.05) is 5.41 Å². The fraction of sp³-hybridized carbons (Fsp3) is 0.750. The lowest BCUT2D eigenvalue weighted by Gasteiger charge is -2.42. The highest BCUT2D eigenvalue weighted by molar-refractivity contribution is 5.84. The van der Waals surface area contributed by atoms with E-state index >= 15 is 0 Å². The molecule has 0 amide bonds. The van der Waals surface area contributed by atoms with Crippen LogP contribution in [0.2, 0.25) is 0 Å². The number of hydrogen-bond donors (Lipinski definition) is 0. The first kappa shape index (κ1) is 12.4. The SMILES string of the molecule is C=CC(C)(C(C)=O)C(C)(CC)CC. The molecule has 0 spiro atoms. The van der Waals surface area contributed by atoms with Gasteiger partial charge < -0.3 is 0 Å². The predicted molar refractivity (Wildman–Crippen MR) is 57.7 cm³/mol. The van der Waals surface area contributed by atoms with Gasteiger partial charge >= 0.3 is 0 Å². The first-order chi connectivity index (χ1) is 5.88. The van der Waals surface area contributed by atoms with E-state index in [0.29, 0.717) is 0 Å². The number of hydrogen-bond acceptors (Lipinski definition) is 1. The van der Waals surface area contributed by atoms with E-state index < -0.39 is 0 Å². The van der Waals surface area contributed by atoms with Gasteiger partial charge in [-0.25, -0.2) is 0 Å². The Balaban J connectivity index is 5.15. The Labute approximate surface area is 82.2 Å². The molecule has 1 unspecified atom stereocenters. The van der Waals surface area contributed by atoms with Crippen LogP contribution in [0.3, 0.4) is 0 Å². The molecule has 0 fully saturated rings. The second kappa shape index (κ2) is 4.08. The quantitative estimate of drug-likeness (QED) is 0.594. The number of allylic oxidation sites excluding steroid dienone is 1. The zero-order valence-corrected chi connectivity index (χ0v) is 9.61. The average Bonchev–Trinajstić information content (AvgIpc) is 2.14. The summed E-state index contributed by atoms with van der Waals surface area (Å²) < 4.78 is 0. The van der Waals surface area contributed by atoms with Crippen LogP contribution >= 0.6 is 0 Å². The second-order valence-corrected chi connectivity index (χ2v) is 4.23. The highest BCUT2D eigenvalue weighted by atomic mass is 16.1. The Hall–Kier alpha value is -0.590. The molecule has 1 nitrogen and oxygen atoms in total. The summed E-state index contributed by atoms with van der Waals surface area (Å²) in [7, 11) is 0. The van der Waals surface area contributed by atoms with Crippen LogP contribution in [0.25, 0.3) is 0 Å². The molecule has 0 aromatic heterocycles. The van der Waals surface area contributed by atoms with Crippen molar-refractivity contribution in [3.63, 3.8) is 0 Å². The van der Waals surface area contributed by atoms with Gasteiger partial charge in [0.25, 0.3) is 0 Å². The van der Waals surface area contributed by atoms with E-state index in [1.54, 1.807) is 6.92 Å². The van der Waals surface area contributed by atoms with Crippen molar-refractivity contribution in [2.75, 3.05) is 0 Å². The van der Waals surface area contributed by atoms with E-state index in [-0.39, 0.29) is 16.6 Å². The maximum atomic E-state index is 11.6. The molecule has 76 valence electrons. The van der Waals surface area contributed by atoms with Crippen LogP contribution in [0.1, 0.15) is 47.5 Å². The van der Waals surface area contributed by atoms with E-state index in [0.717, 1.165) is 12.8 Å². The standard InChI is InChI=1S/C12H22O/c1-7-11(5,8-2)12(6,9-3)10(4)13/h9H,3,7-8H2,1-2,4-6H3. The second-order valence-electron chi connectivity index (χ2n) is 4.23. The lowest BCUT2D eigenvalue weighted by Crippen LogP contribution is -2.40. The van der Waals surface area contributed by atoms with Gasteiger partial charge in [-0.3, -0.25) is 4.79 Å². The smallest absolute Gasteiger partial charge is 0.139 e. The van der Waals surface area contributed by atoms with Gasteiger partial charge in [0.1, 0.15) is 5.78 Å². The zero-order valence-electron chi connectivity index (χ0n) is 9.61. The molecule has 0 saturated carbocycles. The number of ketones is 1. The topological polar surface area (TPSA) is 17.1 Å². The van der Waals surface area contributed by atoms with Crippen molar-refractivity contribution in [3.05, 3.63) is 12.7 Å². The monoisotopic (exact) mass is 182 g/mol. The summed E-state index contributed by atoms with van der Waals surface area (Å²) in [6, 6.07) is 0. The van der Waals surface area contributed by atoms with Crippen LogP contribution in [-0.4, -0.2) is 5.78 Å². The van der Waals surface area contributed by atoms with Crippen molar-refractivity contribution in [2.24, 2.45) is 10.8 Å². The van der Waals surface area contributed by atoms with Gasteiger partial charge in [-0.05, 0) is 32.1 Å². The third-order valence-electron chi connectivity index (χ3n) is 3.95. The van der Waals surface area contributed by atoms with Gasteiger partial charge in [0.15, 0.2) is 0 Å². The lowest BCUT2D eigenvalue weighted by molar-refractivity contribution is -0.129. The average molecular weight is 182 g/mol. The molecule has 0 rings (SSSR count). The summed E-state index contributed by atoms with van der Waals surface area (Å²) >= 11 is 0. The third-order valence-corrected chi connectivity index (χ3v) is 3.95. The molecule has 0 N–H and O–H groups in total. The maximum Gasteiger partial charge on any atom is 0.139 e. The lowest BCUT2D eigenvalue weighted by atomic mass is 9.61. The fourth-order valence-electron chi connectivity index (χ4n) is 1.80. The highest BCUT2D eigenvalue weighted by Crippen LogP contribution is 2.45. The molecule has 0 saturated heterocycles. The van der Waals surface area contributed by atoms with Crippen molar-refractivity contribution in [2.45, 2.75) is 47.5 Å². The summed E-state index contributed by atoms with van der Waals surface area (Å²) in [4.78, 5) is 11.6. The molecule has 1 heteroatoms. The van der Waals surface area contributed by atoms with Gasteiger partial charge in [0.05, 0.1) is 0 Å². The molecule has 0 aliphatic carbocycles. The summed E-state index contributed by atoms with van der Waals surface area (Å²) in [6.45, 7) is 13.9. The van der Waals surface area contributed by atoms with Gasteiger partial charge in [-0.15, -0.1) is 6.58 Å². The normalized spacial score (nSPS) is 16.4. The minimum absolute atomic E-state index is 0.0422. The summed E-state index contributed by atoms with van der Waals surface area (Å²) in [5.41, 5.74) is -0.336. The third kappa shape index (κ3) is 1.84. The zero-order chi connectivity index (χ0) is 10.7. The largest absolute Gasteiger partial charge is 0.299 e. The molecule has 1 atom stereocenters. The Kier molecular flexibility index (Phi) is 3.89. The summed E-state index contributed by atoms with van der Waals surface area (Å²) in [5.74, 6) is 0.216. The molecule has 0 heterocycles. The van der Waals surface area contributed by atoms with Crippen molar-refractivity contribution in [1.29, 1.82) is 0 Å². The first-order valence-electron chi connectivity index (χ1n) is 5.02. The van der Waals surface area contributed by atoms with Crippen molar-refractivity contribution in [1.82, 2.24) is 0 Å². The minimum Gasteiger partial charge on any atom is -0.299 e. The van der Waals surface area contributed by atoms with Gasteiger partial charge in [-0.2, -0.15) is 0 Å². The van der Waals surface area contributed by atoms with E-state index in [1.165, 1.54) is 0 Å². The van der Waals surface area contributed by atoms with E-state index in [1.807, 2.05) is 13.0 Å². The molecule has 0 aromatic carbocycles. The van der Waals surface area contributed by atoms with Gasteiger partial charge in [-0.1, -0.05) is 26.8 Å². The molecular formula is C12H22O.